The molecule has 1 fully saturated rings. The largest absolute Gasteiger partial charge is 0.366 e. The monoisotopic (exact) mass is 241 g/mol. The molecule has 2 atom stereocenters. The number of carbonyl (C=O) groups excluding carboxylic acids is 1. The molecule has 0 saturated heterocycles. The van der Waals surface area contributed by atoms with Gasteiger partial charge in [0.1, 0.15) is 6.61 Å². The zero-order chi connectivity index (χ0) is 12.9. The Hall–Kier alpha value is -0.570. The molecule has 3 nitrogen and oxygen atoms in total. The molecule has 0 heterocycles. The van der Waals surface area contributed by atoms with Crippen molar-refractivity contribution in [2.75, 3.05) is 6.61 Å². The van der Waals surface area contributed by atoms with E-state index in [1.54, 1.807) is 0 Å². The van der Waals surface area contributed by atoms with Crippen LogP contribution in [0.2, 0.25) is 0 Å². The molecule has 1 aliphatic carbocycles. The Bertz CT molecular complexity index is 245. The maximum atomic E-state index is 11.8. The van der Waals surface area contributed by atoms with E-state index < -0.39 is 0 Å². The van der Waals surface area contributed by atoms with Gasteiger partial charge in [0.15, 0.2) is 0 Å². The molecule has 0 aromatic rings. The third-order valence-corrected chi connectivity index (χ3v) is 3.34. The van der Waals surface area contributed by atoms with Gasteiger partial charge in [-0.15, -0.1) is 0 Å². The van der Waals surface area contributed by atoms with E-state index in [4.69, 9.17) is 4.74 Å². The van der Waals surface area contributed by atoms with Crippen molar-refractivity contribution in [3.63, 3.8) is 0 Å². The Labute approximate surface area is 105 Å². The summed E-state index contributed by atoms with van der Waals surface area (Å²) in [6, 6.07) is 0.341. The Balaban J connectivity index is 2.33. The lowest BCUT2D eigenvalue weighted by Crippen LogP contribution is -2.41. The van der Waals surface area contributed by atoms with Gasteiger partial charge in [-0.2, -0.15) is 0 Å². The molecule has 1 amide bonds. The first kappa shape index (κ1) is 14.5. The van der Waals surface area contributed by atoms with Crippen molar-refractivity contribution in [2.45, 2.75) is 71.4 Å². The first-order chi connectivity index (χ1) is 7.88. The van der Waals surface area contributed by atoms with Crippen molar-refractivity contribution in [3.8, 4) is 0 Å². The normalized spacial score (nSPS) is 26.4. The van der Waals surface area contributed by atoms with Crippen LogP contribution in [0.4, 0.5) is 0 Å². The van der Waals surface area contributed by atoms with E-state index in [1.807, 2.05) is 20.8 Å². The SMILES string of the molecule is CC1CCCCCC1NC(=O)COC(C)(C)C. The molecular formula is C14H27NO2. The highest BCUT2D eigenvalue weighted by Crippen LogP contribution is 2.22. The fourth-order valence-corrected chi connectivity index (χ4v) is 2.24. The summed E-state index contributed by atoms with van der Waals surface area (Å²) in [5.74, 6) is 0.620. The highest BCUT2D eigenvalue weighted by molar-refractivity contribution is 5.77. The molecule has 0 spiro atoms. The molecule has 100 valence electrons. The van der Waals surface area contributed by atoms with Crippen molar-refractivity contribution in [1.29, 1.82) is 0 Å². The third-order valence-electron chi connectivity index (χ3n) is 3.34. The smallest absolute Gasteiger partial charge is 0.246 e. The summed E-state index contributed by atoms with van der Waals surface area (Å²) in [4.78, 5) is 11.8. The van der Waals surface area contributed by atoms with Gasteiger partial charge in [-0.3, -0.25) is 4.79 Å². The number of hydrogen-bond donors (Lipinski definition) is 1. The second-order valence-corrected chi connectivity index (χ2v) is 6.19. The fraction of sp³-hybridized carbons (Fsp3) is 0.929. The lowest BCUT2D eigenvalue weighted by molar-refractivity contribution is -0.131. The first-order valence-electron chi connectivity index (χ1n) is 6.82. The van der Waals surface area contributed by atoms with E-state index in [0.29, 0.717) is 12.0 Å². The summed E-state index contributed by atoms with van der Waals surface area (Å²) in [6.07, 6.45) is 6.17. The molecule has 1 rings (SSSR count). The number of nitrogens with one attached hydrogen (secondary N) is 1. The molecule has 3 heteroatoms. The third kappa shape index (κ3) is 6.06. The van der Waals surface area contributed by atoms with Gasteiger partial charge in [0.2, 0.25) is 5.91 Å². The zero-order valence-corrected chi connectivity index (χ0v) is 11.7. The number of amides is 1. The van der Waals surface area contributed by atoms with Gasteiger partial charge < -0.3 is 10.1 Å². The summed E-state index contributed by atoms with van der Waals surface area (Å²) >= 11 is 0. The molecule has 1 N–H and O–H groups in total. The second kappa shape index (κ2) is 6.39. The number of carbonyl (C=O) groups is 1. The van der Waals surface area contributed by atoms with Crippen LogP contribution in [0.25, 0.3) is 0 Å². The highest BCUT2D eigenvalue weighted by atomic mass is 16.5. The van der Waals surface area contributed by atoms with Gasteiger partial charge in [0, 0.05) is 6.04 Å². The number of ether oxygens (including phenoxy) is 1. The summed E-state index contributed by atoms with van der Waals surface area (Å²) in [5.41, 5.74) is -0.244. The topological polar surface area (TPSA) is 38.3 Å². The van der Waals surface area contributed by atoms with Gasteiger partial charge in [-0.05, 0) is 39.5 Å². The maximum Gasteiger partial charge on any atom is 0.246 e. The van der Waals surface area contributed by atoms with Crippen LogP contribution in [0.15, 0.2) is 0 Å². The van der Waals surface area contributed by atoms with Gasteiger partial charge in [-0.1, -0.05) is 26.2 Å². The maximum absolute atomic E-state index is 11.8. The van der Waals surface area contributed by atoms with E-state index >= 15 is 0 Å². The van der Waals surface area contributed by atoms with E-state index in [9.17, 15) is 4.79 Å². The van der Waals surface area contributed by atoms with Gasteiger partial charge in [0.25, 0.3) is 0 Å². The van der Waals surface area contributed by atoms with Crippen molar-refractivity contribution in [2.24, 2.45) is 5.92 Å². The van der Waals surface area contributed by atoms with Crippen LogP contribution >= 0.6 is 0 Å². The van der Waals surface area contributed by atoms with Crippen molar-refractivity contribution in [1.82, 2.24) is 5.32 Å². The van der Waals surface area contributed by atoms with Crippen LogP contribution < -0.4 is 5.32 Å². The van der Waals surface area contributed by atoms with Crippen LogP contribution in [0, 0.1) is 5.92 Å². The Morgan fingerprint density at radius 3 is 2.53 bits per heavy atom. The van der Waals surface area contributed by atoms with Crippen LogP contribution in [0.5, 0.6) is 0 Å². The Kier molecular flexibility index (Phi) is 5.44. The Morgan fingerprint density at radius 2 is 1.88 bits per heavy atom. The van der Waals surface area contributed by atoms with Crippen molar-refractivity contribution >= 4 is 5.91 Å². The van der Waals surface area contributed by atoms with Gasteiger partial charge in [0.05, 0.1) is 5.60 Å². The molecular weight excluding hydrogens is 214 g/mol. The Morgan fingerprint density at radius 1 is 1.24 bits per heavy atom. The summed E-state index contributed by atoms with van der Waals surface area (Å²) in [6.45, 7) is 8.31. The summed E-state index contributed by atoms with van der Waals surface area (Å²) in [7, 11) is 0. The van der Waals surface area contributed by atoms with E-state index in [0.717, 1.165) is 6.42 Å². The summed E-state index contributed by atoms with van der Waals surface area (Å²) < 4.78 is 5.49. The summed E-state index contributed by atoms with van der Waals surface area (Å²) in [5, 5.41) is 3.12. The molecule has 2 unspecified atom stereocenters. The molecule has 0 radical (unpaired) electrons. The van der Waals surface area contributed by atoms with Gasteiger partial charge in [-0.25, -0.2) is 0 Å². The molecule has 1 saturated carbocycles. The molecule has 17 heavy (non-hydrogen) atoms. The minimum Gasteiger partial charge on any atom is -0.366 e. The van der Waals surface area contributed by atoms with Crippen molar-refractivity contribution < 1.29 is 9.53 Å². The molecule has 1 aliphatic rings. The quantitative estimate of drug-likeness (QED) is 0.772. The molecule has 0 bridgehead atoms. The number of hydrogen-bond acceptors (Lipinski definition) is 2. The predicted octanol–water partition coefficient (Wildman–Crippen LogP) is 2.89. The van der Waals surface area contributed by atoms with Crippen LogP contribution in [-0.4, -0.2) is 24.2 Å². The second-order valence-electron chi connectivity index (χ2n) is 6.19. The van der Waals surface area contributed by atoms with Crippen molar-refractivity contribution in [3.05, 3.63) is 0 Å². The first-order valence-corrected chi connectivity index (χ1v) is 6.82. The minimum absolute atomic E-state index is 0.0266. The number of rotatable bonds is 3. The predicted molar refractivity (Wildman–Crippen MR) is 69.9 cm³/mol. The lowest BCUT2D eigenvalue weighted by atomic mass is 9.97. The van der Waals surface area contributed by atoms with E-state index in [1.165, 1.54) is 25.7 Å². The minimum atomic E-state index is -0.244. The van der Waals surface area contributed by atoms with Crippen LogP contribution in [0.1, 0.15) is 59.8 Å². The zero-order valence-electron chi connectivity index (χ0n) is 11.7. The van der Waals surface area contributed by atoms with Crippen LogP contribution in [0.3, 0.4) is 0 Å². The molecule has 0 aromatic heterocycles. The van der Waals surface area contributed by atoms with E-state index in [-0.39, 0.29) is 18.1 Å². The fourth-order valence-electron chi connectivity index (χ4n) is 2.24. The average Bonchev–Trinajstić information content (AvgIpc) is 2.41. The highest BCUT2D eigenvalue weighted by Gasteiger charge is 2.22. The molecule has 0 aromatic carbocycles. The van der Waals surface area contributed by atoms with Gasteiger partial charge >= 0.3 is 0 Å². The molecule has 0 aliphatic heterocycles. The lowest BCUT2D eigenvalue weighted by Gasteiger charge is -2.24. The van der Waals surface area contributed by atoms with Crippen LogP contribution in [-0.2, 0) is 9.53 Å². The standard InChI is InChI=1S/C14H27NO2/c1-11-8-6-5-7-9-12(11)15-13(16)10-17-14(2,3)4/h11-12H,5-10H2,1-4H3,(H,15,16). The van der Waals surface area contributed by atoms with E-state index in [2.05, 4.69) is 12.2 Å². The average molecular weight is 241 g/mol.